The quantitative estimate of drug-likeness (QED) is 0.896. The summed E-state index contributed by atoms with van der Waals surface area (Å²) in [4.78, 5) is 12.1. The van der Waals surface area contributed by atoms with Crippen molar-refractivity contribution < 1.29 is 13.2 Å². The van der Waals surface area contributed by atoms with Gasteiger partial charge >= 0.3 is 0 Å². The second-order valence-corrected chi connectivity index (χ2v) is 7.98. The highest BCUT2D eigenvalue weighted by Gasteiger charge is 2.18. The van der Waals surface area contributed by atoms with Gasteiger partial charge in [-0.05, 0) is 42.7 Å². The van der Waals surface area contributed by atoms with Gasteiger partial charge in [0.15, 0.2) is 9.84 Å². The number of carbonyl (C=O) groups excluding carboxylic acids is 1. The molecule has 0 saturated heterocycles. The lowest BCUT2D eigenvalue weighted by atomic mass is 10.1. The number of nitrogens with one attached hydrogen (secondary N) is 1. The van der Waals surface area contributed by atoms with Crippen molar-refractivity contribution in [3.8, 4) is 0 Å². The molecule has 23 heavy (non-hydrogen) atoms. The zero-order valence-electron chi connectivity index (χ0n) is 13.0. The molecule has 2 aromatic rings. The Bertz CT molecular complexity index is 811. The van der Waals surface area contributed by atoms with Gasteiger partial charge in [-0.15, -0.1) is 0 Å². The summed E-state index contributed by atoms with van der Waals surface area (Å²) in [6, 6.07) is 12.2. The molecule has 0 radical (unpaired) electrons. The normalized spacial score (nSPS) is 11.3. The molecule has 1 amide bonds. The second-order valence-electron chi connectivity index (χ2n) is 5.48. The molecule has 4 nitrogen and oxygen atoms in total. The molecule has 2 aromatic carbocycles. The van der Waals surface area contributed by atoms with Crippen LogP contribution in [0.15, 0.2) is 42.5 Å². The molecule has 0 fully saturated rings. The minimum absolute atomic E-state index is 0.215. The number of aryl methyl sites for hydroxylation is 2. The maximum atomic E-state index is 12.2. The van der Waals surface area contributed by atoms with Gasteiger partial charge in [0.25, 0.3) is 0 Å². The number of para-hydroxylation sites is 1. The van der Waals surface area contributed by atoms with Crippen LogP contribution < -0.4 is 5.32 Å². The van der Waals surface area contributed by atoms with E-state index in [2.05, 4.69) is 5.32 Å². The van der Waals surface area contributed by atoms with Crippen LogP contribution in [0, 0.1) is 13.8 Å². The molecule has 0 heterocycles. The van der Waals surface area contributed by atoms with Crippen LogP contribution in [0.1, 0.15) is 16.7 Å². The standard InChI is InChI=1S/C17H18ClNO3S/c1-12-5-3-6-13(2)17(12)19-16(20)11-23(21,22)10-14-7-4-8-15(18)9-14/h3-9H,10-11H2,1-2H3,(H,19,20). The van der Waals surface area contributed by atoms with Gasteiger partial charge in [-0.2, -0.15) is 0 Å². The third kappa shape index (κ3) is 5.08. The molecule has 0 aliphatic carbocycles. The first-order valence-electron chi connectivity index (χ1n) is 7.08. The third-order valence-electron chi connectivity index (χ3n) is 3.37. The van der Waals surface area contributed by atoms with E-state index in [9.17, 15) is 13.2 Å². The van der Waals surface area contributed by atoms with Crippen molar-refractivity contribution in [3.05, 3.63) is 64.2 Å². The fourth-order valence-corrected chi connectivity index (χ4v) is 3.79. The number of amides is 1. The van der Waals surface area contributed by atoms with E-state index >= 15 is 0 Å². The number of benzene rings is 2. The highest BCUT2D eigenvalue weighted by Crippen LogP contribution is 2.20. The van der Waals surface area contributed by atoms with E-state index in [1.807, 2.05) is 32.0 Å². The summed E-state index contributed by atoms with van der Waals surface area (Å²) in [6.45, 7) is 3.73. The molecule has 0 aliphatic heterocycles. The molecule has 0 bridgehead atoms. The Morgan fingerprint density at radius 2 is 1.70 bits per heavy atom. The highest BCUT2D eigenvalue weighted by atomic mass is 35.5. The first kappa shape index (κ1) is 17.5. The maximum Gasteiger partial charge on any atom is 0.239 e. The van der Waals surface area contributed by atoms with Gasteiger partial charge in [0.05, 0.1) is 5.75 Å². The summed E-state index contributed by atoms with van der Waals surface area (Å²) in [7, 11) is -3.57. The molecule has 2 rings (SSSR count). The maximum absolute atomic E-state index is 12.2. The topological polar surface area (TPSA) is 63.2 Å². The first-order valence-corrected chi connectivity index (χ1v) is 9.28. The lowest BCUT2D eigenvalue weighted by Crippen LogP contribution is -2.24. The molecule has 1 N–H and O–H groups in total. The van der Waals surface area contributed by atoms with Crippen molar-refractivity contribution in [3.63, 3.8) is 0 Å². The number of carbonyl (C=O) groups is 1. The molecular formula is C17H18ClNO3S. The smallest absolute Gasteiger partial charge is 0.239 e. The van der Waals surface area contributed by atoms with Crippen molar-refractivity contribution in [1.82, 2.24) is 0 Å². The van der Waals surface area contributed by atoms with Gasteiger partial charge in [0.2, 0.25) is 5.91 Å². The van der Waals surface area contributed by atoms with Crippen LogP contribution >= 0.6 is 11.6 Å². The van der Waals surface area contributed by atoms with Crippen molar-refractivity contribution >= 4 is 33.0 Å². The van der Waals surface area contributed by atoms with E-state index in [0.29, 0.717) is 16.3 Å². The monoisotopic (exact) mass is 351 g/mol. The van der Waals surface area contributed by atoms with Gasteiger partial charge < -0.3 is 5.32 Å². The van der Waals surface area contributed by atoms with Crippen LogP contribution in [0.3, 0.4) is 0 Å². The Morgan fingerprint density at radius 1 is 1.09 bits per heavy atom. The highest BCUT2D eigenvalue weighted by molar-refractivity contribution is 7.91. The number of hydrogen-bond donors (Lipinski definition) is 1. The van der Waals surface area contributed by atoms with Crippen molar-refractivity contribution in [1.29, 1.82) is 0 Å². The number of hydrogen-bond acceptors (Lipinski definition) is 3. The van der Waals surface area contributed by atoms with Crippen LogP contribution in [0.25, 0.3) is 0 Å². The Balaban J connectivity index is 2.07. The summed E-state index contributed by atoms with van der Waals surface area (Å²) >= 11 is 5.85. The molecule has 0 saturated carbocycles. The van der Waals surface area contributed by atoms with Crippen molar-refractivity contribution in [2.24, 2.45) is 0 Å². The predicted octanol–water partition coefficient (Wildman–Crippen LogP) is 3.51. The lowest BCUT2D eigenvalue weighted by Gasteiger charge is -2.11. The minimum Gasteiger partial charge on any atom is -0.325 e. The van der Waals surface area contributed by atoms with Crippen molar-refractivity contribution in [2.45, 2.75) is 19.6 Å². The Morgan fingerprint density at radius 3 is 2.30 bits per heavy atom. The number of anilines is 1. The number of sulfone groups is 1. The Kier molecular flexibility index (Phi) is 5.44. The molecule has 0 unspecified atom stereocenters. The van der Waals surface area contributed by atoms with Gasteiger partial charge in [-0.25, -0.2) is 8.42 Å². The summed E-state index contributed by atoms with van der Waals surface area (Å²) in [5.74, 6) is -1.31. The zero-order chi connectivity index (χ0) is 17.0. The van der Waals surface area contributed by atoms with Crippen LogP contribution in [0.2, 0.25) is 5.02 Å². The molecule has 122 valence electrons. The summed E-state index contributed by atoms with van der Waals surface area (Å²) < 4.78 is 24.4. The minimum atomic E-state index is -3.57. The van der Waals surface area contributed by atoms with Crippen LogP contribution in [-0.4, -0.2) is 20.1 Å². The summed E-state index contributed by atoms with van der Waals surface area (Å²) in [5, 5.41) is 3.16. The molecule has 0 spiro atoms. The lowest BCUT2D eigenvalue weighted by molar-refractivity contribution is -0.113. The molecular weight excluding hydrogens is 334 g/mol. The average Bonchev–Trinajstić information content (AvgIpc) is 2.42. The first-order chi connectivity index (χ1) is 10.8. The largest absolute Gasteiger partial charge is 0.325 e. The van der Waals surface area contributed by atoms with E-state index in [1.54, 1.807) is 24.3 Å². The molecule has 6 heteroatoms. The van der Waals surface area contributed by atoms with Gasteiger partial charge in [-0.1, -0.05) is 41.9 Å². The van der Waals surface area contributed by atoms with E-state index < -0.39 is 21.5 Å². The van der Waals surface area contributed by atoms with E-state index in [-0.39, 0.29) is 5.75 Å². The summed E-state index contributed by atoms with van der Waals surface area (Å²) in [5.41, 5.74) is 3.02. The van der Waals surface area contributed by atoms with Gasteiger partial charge in [0, 0.05) is 10.7 Å². The fourth-order valence-electron chi connectivity index (χ4n) is 2.32. The average molecular weight is 352 g/mol. The fraction of sp³-hybridized carbons (Fsp3) is 0.235. The third-order valence-corrected chi connectivity index (χ3v) is 5.08. The number of halogens is 1. The Labute approximate surface area is 141 Å². The van der Waals surface area contributed by atoms with E-state index in [1.165, 1.54) is 0 Å². The van der Waals surface area contributed by atoms with Gasteiger partial charge in [-0.3, -0.25) is 4.79 Å². The molecule has 0 atom stereocenters. The SMILES string of the molecule is Cc1cccc(C)c1NC(=O)CS(=O)(=O)Cc1cccc(Cl)c1. The van der Waals surface area contributed by atoms with Crippen molar-refractivity contribution in [2.75, 3.05) is 11.1 Å². The zero-order valence-corrected chi connectivity index (χ0v) is 14.5. The molecule has 0 aliphatic rings. The molecule has 0 aromatic heterocycles. The van der Waals surface area contributed by atoms with E-state index in [4.69, 9.17) is 11.6 Å². The van der Waals surface area contributed by atoms with Crippen LogP contribution in [-0.2, 0) is 20.4 Å². The Hall–Kier alpha value is -1.85. The number of rotatable bonds is 5. The second kappa shape index (κ2) is 7.15. The van der Waals surface area contributed by atoms with Crippen LogP contribution in [0.5, 0.6) is 0 Å². The summed E-state index contributed by atoms with van der Waals surface area (Å²) in [6.07, 6.45) is 0. The van der Waals surface area contributed by atoms with Gasteiger partial charge in [0.1, 0.15) is 5.75 Å². The van der Waals surface area contributed by atoms with E-state index in [0.717, 1.165) is 11.1 Å². The van der Waals surface area contributed by atoms with Crippen LogP contribution in [0.4, 0.5) is 5.69 Å². The predicted molar refractivity (Wildman–Crippen MR) is 93.5 cm³/mol.